The maximum atomic E-state index is 12.1. The summed E-state index contributed by atoms with van der Waals surface area (Å²) in [5, 5.41) is 10.0. The van der Waals surface area contributed by atoms with E-state index in [1.165, 1.54) is 6.08 Å². The Kier molecular flexibility index (Phi) is 4.18. The van der Waals surface area contributed by atoms with Gasteiger partial charge in [0.15, 0.2) is 5.78 Å². The third-order valence-corrected chi connectivity index (χ3v) is 3.91. The number of carbonyl (C=O) groups is 2. The van der Waals surface area contributed by atoms with Gasteiger partial charge in [0.2, 0.25) is 0 Å². The fourth-order valence-corrected chi connectivity index (χ4v) is 2.82. The number of carbonyl (C=O) groups excluding carboxylic acids is 2. The van der Waals surface area contributed by atoms with Gasteiger partial charge in [-0.25, -0.2) is 0 Å². The Bertz CT molecular complexity index is 440. The van der Waals surface area contributed by atoms with E-state index in [1.54, 1.807) is 6.92 Å². The summed E-state index contributed by atoms with van der Waals surface area (Å²) in [7, 11) is 0. The van der Waals surface area contributed by atoms with Crippen LogP contribution in [-0.2, 0) is 19.1 Å². The summed E-state index contributed by atoms with van der Waals surface area (Å²) in [4.78, 5) is 23.7. The number of rotatable bonds is 4. The number of aliphatic hydroxyl groups is 1. The van der Waals surface area contributed by atoms with Crippen molar-refractivity contribution in [3.8, 4) is 0 Å². The first-order valence-corrected chi connectivity index (χ1v) is 7.09. The molecule has 1 spiro atoms. The maximum Gasteiger partial charge on any atom is 0.320 e. The van der Waals surface area contributed by atoms with Gasteiger partial charge in [-0.05, 0) is 12.3 Å². The molecule has 0 unspecified atom stereocenters. The molecule has 112 valence electrons. The second-order valence-corrected chi connectivity index (χ2v) is 6.28. The third-order valence-electron chi connectivity index (χ3n) is 3.91. The van der Waals surface area contributed by atoms with Crippen LogP contribution in [0.3, 0.4) is 0 Å². The predicted molar refractivity (Wildman–Crippen MR) is 72.1 cm³/mol. The zero-order chi connectivity index (χ0) is 14.9. The van der Waals surface area contributed by atoms with Crippen LogP contribution >= 0.6 is 0 Å². The van der Waals surface area contributed by atoms with Gasteiger partial charge in [-0.1, -0.05) is 20.8 Å². The Morgan fingerprint density at radius 1 is 1.45 bits per heavy atom. The van der Waals surface area contributed by atoms with E-state index >= 15 is 0 Å². The lowest BCUT2D eigenvalue weighted by molar-refractivity contribution is -0.151. The molecule has 1 aliphatic carbocycles. The number of esters is 1. The number of cyclic esters (lactones) is 1. The zero-order valence-corrected chi connectivity index (χ0v) is 12.2. The first-order chi connectivity index (χ1) is 9.35. The highest BCUT2D eigenvalue weighted by atomic mass is 16.6. The van der Waals surface area contributed by atoms with E-state index in [0.29, 0.717) is 32.0 Å². The first-order valence-electron chi connectivity index (χ1n) is 7.09. The molecule has 0 saturated carbocycles. The third kappa shape index (κ3) is 2.73. The minimum Gasteiger partial charge on any atom is -0.511 e. The Labute approximate surface area is 118 Å². The van der Waals surface area contributed by atoms with E-state index in [9.17, 15) is 14.7 Å². The summed E-state index contributed by atoms with van der Waals surface area (Å²) in [5.74, 6) is -0.586. The molecule has 1 N–H and O–H groups in total. The summed E-state index contributed by atoms with van der Waals surface area (Å²) in [6.07, 6.45) is 1.52. The van der Waals surface area contributed by atoms with Crippen LogP contribution in [0.2, 0.25) is 0 Å². The van der Waals surface area contributed by atoms with Gasteiger partial charge in [0.1, 0.15) is 17.3 Å². The van der Waals surface area contributed by atoms with Crippen molar-refractivity contribution in [1.29, 1.82) is 0 Å². The smallest absolute Gasteiger partial charge is 0.320 e. The molecule has 0 radical (unpaired) electrons. The lowest BCUT2D eigenvalue weighted by Crippen LogP contribution is -2.37. The number of aliphatic hydroxyl groups excluding tert-OH is 1. The Morgan fingerprint density at radius 2 is 2.15 bits per heavy atom. The number of allylic oxidation sites excluding steroid dienone is 1. The molecule has 5 nitrogen and oxygen atoms in total. The Morgan fingerprint density at radius 3 is 2.80 bits per heavy atom. The van der Waals surface area contributed by atoms with E-state index in [1.807, 2.05) is 13.8 Å². The van der Waals surface area contributed by atoms with Crippen LogP contribution in [-0.4, -0.2) is 36.2 Å². The van der Waals surface area contributed by atoms with Gasteiger partial charge in [0.05, 0.1) is 6.61 Å². The van der Waals surface area contributed by atoms with Gasteiger partial charge < -0.3 is 14.6 Å². The van der Waals surface area contributed by atoms with E-state index in [0.717, 1.165) is 0 Å². The summed E-state index contributed by atoms with van der Waals surface area (Å²) in [6, 6.07) is 0. The molecule has 5 heteroatoms. The van der Waals surface area contributed by atoms with Crippen LogP contribution in [0.5, 0.6) is 0 Å². The van der Waals surface area contributed by atoms with Crippen molar-refractivity contribution < 1.29 is 24.2 Å². The second-order valence-electron chi connectivity index (χ2n) is 6.28. The molecule has 0 amide bonds. The molecule has 0 aromatic heterocycles. The van der Waals surface area contributed by atoms with Gasteiger partial charge in [-0.3, -0.25) is 9.59 Å². The molecule has 1 saturated heterocycles. The van der Waals surface area contributed by atoms with Crippen molar-refractivity contribution in [2.24, 2.45) is 17.3 Å². The van der Waals surface area contributed by atoms with Crippen molar-refractivity contribution in [2.45, 2.75) is 39.7 Å². The molecule has 20 heavy (non-hydrogen) atoms. The lowest BCUT2D eigenvalue weighted by Gasteiger charge is -2.30. The average molecular weight is 282 g/mol. The quantitative estimate of drug-likeness (QED) is 0.798. The van der Waals surface area contributed by atoms with E-state index in [-0.39, 0.29) is 23.6 Å². The average Bonchev–Trinajstić information content (AvgIpc) is 2.64. The fourth-order valence-electron chi connectivity index (χ4n) is 2.82. The monoisotopic (exact) mass is 282 g/mol. The number of ether oxygens (including phenoxy) is 2. The van der Waals surface area contributed by atoms with Crippen LogP contribution in [0.4, 0.5) is 0 Å². The standard InChI is InChI=1S/C15H22O5/c1-9(2)7-19-8-11-6-15(14(18)20-11)5-10(3)12(16)4-13(15)17/h4,9-11,17H,5-8H2,1-3H3/t10-,11-,15-/m1/s1. The lowest BCUT2D eigenvalue weighted by atomic mass is 9.71. The molecule has 0 aromatic rings. The highest BCUT2D eigenvalue weighted by Crippen LogP contribution is 2.47. The van der Waals surface area contributed by atoms with Crippen molar-refractivity contribution in [1.82, 2.24) is 0 Å². The molecular weight excluding hydrogens is 260 g/mol. The summed E-state index contributed by atoms with van der Waals surface area (Å²) in [6.45, 7) is 6.80. The Hall–Kier alpha value is -1.36. The summed E-state index contributed by atoms with van der Waals surface area (Å²) >= 11 is 0. The largest absolute Gasteiger partial charge is 0.511 e. The summed E-state index contributed by atoms with van der Waals surface area (Å²) < 4.78 is 10.8. The number of ketones is 1. The highest BCUT2D eigenvalue weighted by molar-refractivity contribution is 5.96. The second kappa shape index (κ2) is 5.56. The molecule has 1 aliphatic heterocycles. The topological polar surface area (TPSA) is 72.8 Å². The molecule has 2 aliphatic rings. The SMILES string of the molecule is CC(C)COC[C@H]1C[C@@]2(C[C@@H](C)C(=O)C=C2O)C(=O)O1. The first kappa shape index (κ1) is 15.0. The fraction of sp³-hybridized carbons (Fsp3) is 0.733. The predicted octanol–water partition coefficient (Wildman–Crippen LogP) is 2.01. The van der Waals surface area contributed by atoms with Crippen molar-refractivity contribution in [3.63, 3.8) is 0 Å². The molecule has 0 aromatic carbocycles. The molecule has 1 fully saturated rings. The van der Waals surface area contributed by atoms with Crippen LogP contribution < -0.4 is 0 Å². The molecule has 1 heterocycles. The number of hydrogen-bond donors (Lipinski definition) is 1. The van der Waals surface area contributed by atoms with Gasteiger partial charge in [0, 0.05) is 25.0 Å². The molecule has 0 bridgehead atoms. The van der Waals surface area contributed by atoms with Gasteiger partial charge in [-0.15, -0.1) is 0 Å². The minimum absolute atomic E-state index is 0.138. The van der Waals surface area contributed by atoms with Gasteiger partial charge >= 0.3 is 5.97 Å². The zero-order valence-electron chi connectivity index (χ0n) is 12.2. The maximum absolute atomic E-state index is 12.1. The van der Waals surface area contributed by atoms with E-state index < -0.39 is 11.4 Å². The Balaban J connectivity index is 2.05. The number of hydrogen-bond acceptors (Lipinski definition) is 5. The van der Waals surface area contributed by atoms with Gasteiger partial charge in [0.25, 0.3) is 0 Å². The molecule has 2 rings (SSSR count). The van der Waals surface area contributed by atoms with Crippen LogP contribution in [0.15, 0.2) is 11.8 Å². The normalized spacial score (nSPS) is 33.7. The van der Waals surface area contributed by atoms with Crippen LogP contribution in [0.25, 0.3) is 0 Å². The van der Waals surface area contributed by atoms with E-state index in [2.05, 4.69) is 0 Å². The van der Waals surface area contributed by atoms with Gasteiger partial charge in [-0.2, -0.15) is 0 Å². The van der Waals surface area contributed by atoms with Crippen LogP contribution in [0, 0.1) is 17.3 Å². The highest BCUT2D eigenvalue weighted by Gasteiger charge is 2.55. The molecular formula is C15H22O5. The van der Waals surface area contributed by atoms with Crippen LogP contribution in [0.1, 0.15) is 33.6 Å². The summed E-state index contributed by atoms with van der Waals surface area (Å²) in [5.41, 5.74) is -1.04. The van der Waals surface area contributed by atoms with Crippen molar-refractivity contribution >= 4 is 11.8 Å². The van der Waals surface area contributed by atoms with Crippen molar-refractivity contribution in [3.05, 3.63) is 11.8 Å². The van der Waals surface area contributed by atoms with Crippen molar-refractivity contribution in [2.75, 3.05) is 13.2 Å². The molecule has 3 atom stereocenters. The van der Waals surface area contributed by atoms with E-state index in [4.69, 9.17) is 9.47 Å². The minimum atomic E-state index is -1.04.